The third-order valence-corrected chi connectivity index (χ3v) is 3.40. The lowest BCUT2D eigenvalue weighted by molar-refractivity contribution is 0.128. The molecule has 1 atom stereocenters. The molecule has 0 saturated heterocycles. The van der Waals surface area contributed by atoms with Crippen molar-refractivity contribution in [3.63, 3.8) is 0 Å². The van der Waals surface area contributed by atoms with E-state index in [0.29, 0.717) is 6.61 Å². The van der Waals surface area contributed by atoms with Gasteiger partial charge in [-0.05, 0) is 23.8 Å². The highest BCUT2D eigenvalue weighted by molar-refractivity contribution is 7.99. The molecule has 1 aromatic rings. The van der Waals surface area contributed by atoms with E-state index in [1.807, 2.05) is 6.07 Å². The van der Waals surface area contributed by atoms with Crippen LogP contribution in [0.1, 0.15) is 11.5 Å². The molecular weight excluding hydrogens is 189 g/mol. The largest absolute Gasteiger partial charge is 0.304 e. The summed E-state index contributed by atoms with van der Waals surface area (Å²) in [5.41, 5.74) is 1.02. The minimum absolute atomic E-state index is 0.191. The molecule has 0 aliphatic carbocycles. The predicted molar refractivity (Wildman–Crippen MR) is 50.0 cm³/mol. The van der Waals surface area contributed by atoms with Crippen molar-refractivity contribution >= 4 is 11.8 Å². The molecule has 2 nitrogen and oxygen atoms in total. The highest BCUT2D eigenvalue weighted by Crippen LogP contribution is 2.39. The van der Waals surface area contributed by atoms with Crippen LogP contribution in [0.25, 0.3) is 0 Å². The van der Waals surface area contributed by atoms with Crippen LogP contribution in [-0.2, 0) is 4.84 Å². The number of hydrogen-bond donors (Lipinski definition) is 1. The minimum Gasteiger partial charge on any atom is -0.304 e. The summed E-state index contributed by atoms with van der Waals surface area (Å²) in [6.45, 7) is 0.462. The summed E-state index contributed by atoms with van der Waals surface area (Å²) in [6.07, 6.45) is 0. The predicted octanol–water partition coefficient (Wildman–Crippen LogP) is 1.91. The number of thioether (sulfide) groups is 1. The lowest BCUT2D eigenvalue weighted by Gasteiger charge is -2.07. The van der Waals surface area contributed by atoms with E-state index in [9.17, 15) is 4.39 Å². The summed E-state index contributed by atoms with van der Waals surface area (Å²) in [7, 11) is 0. The van der Waals surface area contributed by atoms with Crippen LogP contribution in [0.2, 0.25) is 0 Å². The van der Waals surface area contributed by atoms with Gasteiger partial charge in [0.15, 0.2) is 0 Å². The van der Waals surface area contributed by atoms with Gasteiger partial charge in [0.25, 0.3) is 0 Å². The zero-order chi connectivity index (χ0) is 9.26. The van der Waals surface area contributed by atoms with Gasteiger partial charge in [0.2, 0.25) is 0 Å². The average Bonchev–Trinajstić information content (AvgIpc) is 2.49. The zero-order valence-electron chi connectivity index (χ0n) is 7.00. The summed E-state index contributed by atoms with van der Waals surface area (Å²) in [4.78, 5) is 5.73. The lowest BCUT2D eigenvalue weighted by atomic mass is 10.0. The van der Waals surface area contributed by atoms with E-state index < -0.39 is 0 Å². The van der Waals surface area contributed by atoms with Gasteiger partial charge in [0.1, 0.15) is 5.82 Å². The summed E-state index contributed by atoms with van der Waals surface area (Å²) in [6, 6.07) is 4.86. The maximum atomic E-state index is 12.9. The van der Waals surface area contributed by atoms with E-state index in [1.165, 1.54) is 6.07 Å². The lowest BCUT2D eigenvalue weighted by Crippen LogP contribution is -2.10. The molecule has 2 N–H and O–H groups in total. The Morgan fingerprint density at radius 2 is 2.46 bits per heavy atom. The molecule has 0 spiro atoms. The second kappa shape index (κ2) is 3.65. The summed E-state index contributed by atoms with van der Waals surface area (Å²) < 4.78 is 12.9. The Morgan fingerprint density at radius 1 is 1.62 bits per heavy atom. The fraction of sp³-hybridized carbons (Fsp3) is 0.333. The average molecular weight is 199 g/mol. The number of halogens is 1. The molecule has 2 rings (SSSR count). The molecule has 0 amide bonds. The van der Waals surface area contributed by atoms with Crippen LogP contribution in [0, 0.1) is 5.82 Å². The van der Waals surface area contributed by atoms with E-state index in [2.05, 4.69) is 4.84 Å². The Kier molecular flexibility index (Phi) is 2.53. The minimum atomic E-state index is -0.191. The molecule has 70 valence electrons. The van der Waals surface area contributed by atoms with Crippen molar-refractivity contribution < 1.29 is 9.23 Å². The summed E-state index contributed by atoms with van der Waals surface area (Å²) in [5.74, 6) is 5.97. The van der Waals surface area contributed by atoms with Crippen LogP contribution in [0.5, 0.6) is 0 Å². The van der Waals surface area contributed by atoms with Crippen molar-refractivity contribution in [2.45, 2.75) is 10.8 Å². The van der Waals surface area contributed by atoms with E-state index in [4.69, 9.17) is 5.90 Å². The molecule has 1 aliphatic rings. The monoisotopic (exact) mass is 199 g/mol. The van der Waals surface area contributed by atoms with Gasteiger partial charge in [-0.1, -0.05) is 0 Å². The van der Waals surface area contributed by atoms with Crippen molar-refractivity contribution in [3.05, 3.63) is 29.6 Å². The van der Waals surface area contributed by atoms with Crippen molar-refractivity contribution in [2.24, 2.45) is 5.90 Å². The van der Waals surface area contributed by atoms with Crippen molar-refractivity contribution in [3.8, 4) is 0 Å². The fourth-order valence-corrected chi connectivity index (χ4v) is 2.72. The first-order valence-electron chi connectivity index (χ1n) is 4.05. The Bertz CT molecular complexity index is 316. The van der Waals surface area contributed by atoms with Gasteiger partial charge >= 0.3 is 0 Å². The molecule has 1 aromatic carbocycles. The highest BCUT2D eigenvalue weighted by Gasteiger charge is 2.23. The maximum Gasteiger partial charge on any atom is 0.123 e. The Morgan fingerprint density at radius 3 is 3.23 bits per heavy atom. The van der Waals surface area contributed by atoms with E-state index in [1.54, 1.807) is 17.8 Å². The molecule has 13 heavy (non-hydrogen) atoms. The maximum absolute atomic E-state index is 12.9. The number of fused-ring (bicyclic) bond motifs is 1. The molecule has 0 radical (unpaired) electrons. The number of hydrogen-bond acceptors (Lipinski definition) is 3. The molecular formula is C9H10FNOS. The first kappa shape index (κ1) is 8.99. The molecule has 4 heteroatoms. The molecule has 0 saturated carbocycles. The molecule has 0 bridgehead atoms. The highest BCUT2D eigenvalue weighted by atomic mass is 32.2. The molecule has 1 unspecified atom stereocenters. The van der Waals surface area contributed by atoms with Crippen LogP contribution in [0.3, 0.4) is 0 Å². The topological polar surface area (TPSA) is 35.2 Å². The van der Waals surface area contributed by atoms with Gasteiger partial charge in [-0.2, -0.15) is 0 Å². The second-order valence-electron chi connectivity index (χ2n) is 3.02. The smallest absolute Gasteiger partial charge is 0.123 e. The number of benzene rings is 1. The van der Waals surface area contributed by atoms with Gasteiger partial charge in [0.05, 0.1) is 6.61 Å². The normalized spacial score (nSPS) is 20.3. The first-order valence-corrected chi connectivity index (χ1v) is 5.03. The quantitative estimate of drug-likeness (QED) is 0.739. The van der Waals surface area contributed by atoms with Crippen molar-refractivity contribution in [2.75, 3.05) is 12.4 Å². The Labute approximate surface area is 80.2 Å². The van der Waals surface area contributed by atoms with Crippen molar-refractivity contribution in [1.82, 2.24) is 0 Å². The first-order chi connectivity index (χ1) is 6.31. The molecule has 0 aromatic heterocycles. The Hall–Kier alpha value is -0.580. The van der Waals surface area contributed by atoms with Gasteiger partial charge in [0, 0.05) is 16.6 Å². The number of rotatable bonds is 2. The summed E-state index contributed by atoms with van der Waals surface area (Å²) in [5, 5.41) is 0. The standard InChI is InChI=1S/C9H10FNOS/c10-7-1-2-9-8(3-7)6(4-12-11)5-13-9/h1-3,6H,4-5,11H2. The fourth-order valence-electron chi connectivity index (χ4n) is 1.50. The molecule has 1 aliphatic heterocycles. The molecule has 0 fully saturated rings. The second-order valence-corrected chi connectivity index (χ2v) is 4.09. The van der Waals surface area contributed by atoms with Crippen LogP contribution in [0.4, 0.5) is 4.39 Å². The van der Waals surface area contributed by atoms with E-state index in [-0.39, 0.29) is 11.7 Å². The third kappa shape index (κ3) is 1.70. The van der Waals surface area contributed by atoms with Gasteiger partial charge in [-0.25, -0.2) is 10.3 Å². The number of nitrogens with two attached hydrogens (primary N) is 1. The van der Waals surface area contributed by atoms with Crippen LogP contribution >= 0.6 is 11.8 Å². The summed E-state index contributed by atoms with van der Waals surface area (Å²) >= 11 is 1.72. The third-order valence-electron chi connectivity index (χ3n) is 2.15. The van der Waals surface area contributed by atoms with Gasteiger partial charge in [-0.3, -0.25) is 0 Å². The molecule has 1 heterocycles. The van der Waals surface area contributed by atoms with E-state index in [0.717, 1.165) is 16.2 Å². The van der Waals surface area contributed by atoms with Crippen LogP contribution < -0.4 is 5.90 Å². The van der Waals surface area contributed by atoms with Gasteiger partial charge in [-0.15, -0.1) is 11.8 Å². The van der Waals surface area contributed by atoms with Crippen molar-refractivity contribution in [1.29, 1.82) is 0 Å². The Balaban J connectivity index is 2.29. The van der Waals surface area contributed by atoms with Gasteiger partial charge < -0.3 is 4.84 Å². The van der Waals surface area contributed by atoms with Crippen LogP contribution in [0.15, 0.2) is 23.1 Å². The van der Waals surface area contributed by atoms with E-state index >= 15 is 0 Å². The van der Waals surface area contributed by atoms with Crippen LogP contribution in [-0.4, -0.2) is 12.4 Å². The zero-order valence-corrected chi connectivity index (χ0v) is 7.81. The SMILES string of the molecule is NOCC1CSc2ccc(F)cc21.